The lowest BCUT2D eigenvalue weighted by Crippen LogP contribution is -2.43. The zero-order valence-electron chi connectivity index (χ0n) is 12.2. The minimum Gasteiger partial charge on any atom is -0.355 e. The zero-order valence-corrected chi connectivity index (χ0v) is 12.2. The molecule has 0 bridgehead atoms. The van der Waals surface area contributed by atoms with Gasteiger partial charge in [0.1, 0.15) is 0 Å². The van der Waals surface area contributed by atoms with E-state index >= 15 is 0 Å². The summed E-state index contributed by atoms with van der Waals surface area (Å²) in [6, 6.07) is -0.0747. The van der Waals surface area contributed by atoms with Crippen LogP contribution in [0.15, 0.2) is 0 Å². The van der Waals surface area contributed by atoms with Crippen molar-refractivity contribution in [3.63, 3.8) is 0 Å². The molecule has 0 heterocycles. The number of rotatable bonds is 9. The van der Waals surface area contributed by atoms with Crippen LogP contribution in [0.3, 0.4) is 0 Å². The molecule has 0 spiro atoms. The van der Waals surface area contributed by atoms with Gasteiger partial charge in [0.25, 0.3) is 0 Å². The molecule has 0 rings (SSSR count). The Kier molecular flexibility index (Phi) is 9.14. The maximum Gasteiger partial charge on any atom is 0.236 e. The van der Waals surface area contributed by atoms with Crippen LogP contribution < -0.4 is 10.6 Å². The van der Waals surface area contributed by atoms with Crippen LogP contribution in [0, 0.1) is 11.8 Å². The van der Waals surface area contributed by atoms with Crippen molar-refractivity contribution < 1.29 is 4.79 Å². The molecule has 0 saturated carbocycles. The van der Waals surface area contributed by atoms with Gasteiger partial charge in [-0.2, -0.15) is 0 Å². The molecule has 0 aliphatic heterocycles. The molecule has 1 atom stereocenters. The highest BCUT2D eigenvalue weighted by molar-refractivity contribution is 5.81. The van der Waals surface area contributed by atoms with E-state index in [0.29, 0.717) is 5.92 Å². The fourth-order valence-electron chi connectivity index (χ4n) is 1.56. The Balaban J connectivity index is 3.53. The monoisotopic (exact) mass is 242 g/mol. The topological polar surface area (TPSA) is 41.1 Å². The molecule has 17 heavy (non-hydrogen) atoms. The van der Waals surface area contributed by atoms with E-state index in [9.17, 15) is 4.79 Å². The summed E-state index contributed by atoms with van der Waals surface area (Å²) in [7, 11) is 0. The van der Waals surface area contributed by atoms with Crippen molar-refractivity contribution in [2.24, 2.45) is 11.8 Å². The van der Waals surface area contributed by atoms with E-state index in [1.165, 1.54) is 6.42 Å². The molecule has 0 aliphatic carbocycles. The fraction of sp³-hybridized carbons (Fsp3) is 0.929. The van der Waals surface area contributed by atoms with Crippen LogP contribution in [0.4, 0.5) is 0 Å². The Morgan fingerprint density at radius 3 is 2.06 bits per heavy atom. The largest absolute Gasteiger partial charge is 0.355 e. The van der Waals surface area contributed by atoms with Gasteiger partial charge in [-0.05, 0) is 44.6 Å². The van der Waals surface area contributed by atoms with Gasteiger partial charge in [0.15, 0.2) is 0 Å². The van der Waals surface area contributed by atoms with E-state index in [2.05, 4.69) is 38.3 Å². The van der Waals surface area contributed by atoms with Gasteiger partial charge in [0, 0.05) is 6.54 Å². The second-order valence-electron chi connectivity index (χ2n) is 5.69. The molecule has 0 aliphatic rings. The van der Waals surface area contributed by atoms with Crippen LogP contribution in [0.1, 0.15) is 53.9 Å². The Morgan fingerprint density at radius 1 is 0.941 bits per heavy atom. The van der Waals surface area contributed by atoms with Gasteiger partial charge in [0.2, 0.25) is 5.91 Å². The minimum atomic E-state index is -0.0747. The van der Waals surface area contributed by atoms with Crippen LogP contribution in [0.2, 0.25) is 0 Å². The Morgan fingerprint density at radius 2 is 1.53 bits per heavy atom. The van der Waals surface area contributed by atoms with Crippen molar-refractivity contribution in [3.05, 3.63) is 0 Å². The number of hydrogen-bond donors (Lipinski definition) is 2. The summed E-state index contributed by atoms with van der Waals surface area (Å²) < 4.78 is 0. The first-order valence-corrected chi connectivity index (χ1v) is 6.94. The van der Waals surface area contributed by atoms with Gasteiger partial charge in [-0.25, -0.2) is 0 Å². The van der Waals surface area contributed by atoms with Crippen LogP contribution in [0.25, 0.3) is 0 Å². The lowest BCUT2D eigenvalue weighted by atomic mass is 10.1. The second kappa shape index (κ2) is 9.46. The number of hydrogen-bond acceptors (Lipinski definition) is 2. The Labute approximate surface area is 107 Å². The van der Waals surface area contributed by atoms with Crippen molar-refractivity contribution in [1.29, 1.82) is 0 Å². The highest BCUT2D eigenvalue weighted by Crippen LogP contribution is 2.02. The van der Waals surface area contributed by atoms with E-state index in [1.807, 2.05) is 6.92 Å². The molecule has 1 unspecified atom stereocenters. The van der Waals surface area contributed by atoms with E-state index in [0.717, 1.165) is 31.8 Å². The van der Waals surface area contributed by atoms with Crippen LogP contribution in [-0.4, -0.2) is 25.0 Å². The highest BCUT2D eigenvalue weighted by atomic mass is 16.2. The summed E-state index contributed by atoms with van der Waals surface area (Å²) in [5.74, 6) is 1.51. The maximum absolute atomic E-state index is 11.7. The third kappa shape index (κ3) is 10.3. The first-order valence-electron chi connectivity index (χ1n) is 6.94. The summed E-state index contributed by atoms with van der Waals surface area (Å²) in [6.45, 7) is 12.4. The molecule has 3 nitrogen and oxygen atoms in total. The SMILES string of the molecule is CC(C)CCCNC(C)C(=O)NCCC(C)C. The summed E-state index contributed by atoms with van der Waals surface area (Å²) in [6.07, 6.45) is 3.40. The molecule has 0 fully saturated rings. The molecule has 102 valence electrons. The first kappa shape index (κ1) is 16.4. The van der Waals surface area contributed by atoms with Crippen molar-refractivity contribution in [2.75, 3.05) is 13.1 Å². The van der Waals surface area contributed by atoms with Crippen LogP contribution in [-0.2, 0) is 4.79 Å². The summed E-state index contributed by atoms with van der Waals surface area (Å²) in [5, 5.41) is 6.23. The predicted molar refractivity (Wildman–Crippen MR) is 74.0 cm³/mol. The summed E-state index contributed by atoms with van der Waals surface area (Å²) >= 11 is 0. The molecule has 0 radical (unpaired) electrons. The molecule has 2 N–H and O–H groups in total. The lowest BCUT2D eigenvalue weighted by Gasteiger charge is -2.15. The summed E-state index contributed by atoms with van der Waals surface area (Å²) in [4.78, 5) is 11.7. The molecule has 0 aromatic rings. The average Bonchev–Trinajstić information content (AvgIpc) is 2.23. The maximum atomic E-state index is 11.7. The zero-order chi connectivity index (χ0) is 13.3. The van der Waals surface area contributed by atoms with Crippen molar-refractivity contribution in [3.8, 4) is 0 Å². The molecule has 0 aromatic carbocycles. The fourth-order valence-corrected chi connectivity index (χ4v) is 1.56. The lowest BCUT2D eigenvalue weighted by molar-refractivity contribution is -0.122. The Bertz CT molecular complexity index is 202. The van der Waals surface area contributed by atoms with Gasteiger partial charge in [0.05, 0.1) is 6.04 Å². The van der Waals surface area contributed by atoms with Gasteiger partial charge >= 0.3 is 0 Å². The predicted octanol–water partition coefficient (Wildman–Crippen LogP) is 2.56. The molecule has 1 amide bonds. The van der Waals surface area contributed by atoms with Crippen molar-refractivity contribution >= 4 is 5.91 Å². The normalized spacial score (nSPS) is 13.1. The number of carbonyl (C=O) groups excluding carboxylic acids is 1. The van der Waals surface area contributed by atoms with E-state index < -0.39 is 0 Å². The second-order valence-corrected chi connectivity index (χ2v) is 5.69. The van der Waals surface area contributed by atoms with Crippen molar-refractivity contribution in [1.82, 2.24) is 10.6 Å². The smallest absolute Gasteiger partial charge is 0.236 e. The quantitative estimate of drug-likeness (QED) is 0.610. The first-order chi connectivity index (χ1) is 7.93. The van der Waals surface area contributed by atoms with Gasteiger partial charge < -0.3 is 10.6 Å². The average molecular weight is 242 g/mol. The summed E-state index contributed by atoms with van der Waals surface area (Å²) in [5.41, 5.74) is 0. The molecular formula is C14H30N2O. The van der Waals surface area contributed by atoms with E-state index in [1.54, 1.807) is 0 Å². The van der Waals surface area contributed by atoms with Crippen LogP contribution >= 0.6 is 0 Å². The number of amides is 1. The van der Waals surface area contributed by atoms with Gasteiger partial charge in [-0.15, -0.1) is 0 Å². The third-order valence-electron chi connectivity index (χ3n) is 2.82. The molecule has 3 heteroatoms. The minimum absolute atomic E-state index is 0.0747. The van der Waals surface area contributed by atoms with E-state index in [4.69, 9.17) is 0 Å². The van der Waals surface area contributed by atoms with Gasteiger partial charge in [-0.3, -0.25) is 4.79 Å². The van der Waals surface area contributed by atoms with E-state index in [-0.39, 0.29) is 11.9 Å². The third-order valence-corrected chi connectivity index (χ3v) is 2.82. The number of carbonyl (C=O) groups is 1. The highest BCUT2D eigenvalue weighted by Gasteiger charge is 2.10. The van der Waals surface area contributed by atoms with Crippen molar-refractivity contribution in [2.45, 2.75) is 59.9 Å². The molecular weight excluding hydrogens is 212 g/mol. The number of nitrogens with one attached hydrogen (secondary N) is 2. The molecule has 0 saturated heterocycles. The Hall–Kier alpha value is -0.570. The standard InChI is InChI=1S/C14H30N2O/c1-11(2)7-6-9-15-13(5)14(17)16-10-8-12(3)4/h11-13,15H,6-10H2,1-5H3,(H,16,17). The molecule has 0 aromatic heterocycles. The van der Waals surface area contributed by atoms with Gasteiger partial charge in [-0.1, -0.05) is 27.7 Å². The van der Waals surface area contributed by atoms with Crippen LogP contribution in [0.5, 0.6) is 0 Å².